The van der Waals surface area contributed by atoms with Crippen molar-refractivity contribution in [2.24, 2.45) is 5.92 Å². The highest BCUT2D eigenvalue weighted by Gasteiger charge is 2.23. The van der Waals surface area contributed by atoms with Crippen LogP contribution in [0.15, 0.2) is 42.5 Å². The van der Waals surface area contributed by atoms with Crippen LogP contribution in [0.5, 0.6) is 0 Å². The Balaban J connectivity index is 1.51. The van der Waals surface area contributed by atoms with E-state index in [0.29, 0.717) is 6.79 Å². The summed E-state index contributed by atoms with van der Waals surface area (Å²) in [5.41, 5.74) is 1.45. The van der Waals surface area contributed by atoms with Gasteiger partial charge in [0, 0.05) is 13.1 Å². The molecule has 0 aromatic heterocycles. The highest BCUT2D eigenvalue weighted by molar-refractivity contribution is 5.15. The average molecular weight is 245 g/mol. The van der Waals surface area contributed by atoms with Gasteiger partial charge in [-0.05, 0) is 30.7 Å². The second-order valence-electron chi connectivity index (χ2n) is 5.01. The number of ether oxygens (including phenoxy) is 2. The summed E-state index contributed by atoms with van der Waals surface area (Å²) in [6.45, 7) is 2.53. The summed E-state index contributed by atoms with van der Waals surface area (Å²) >= 11 is 0. The van der Waals surface area contributed by atoms with E-state index >= 15 is 0 Å². The van der Waals surface area contributed by atoms with E-state index in [4.69, 9.17) is 9.47 Å². The van der Waals surface area contributed by atoms with Crippen molar-refractivity contribution in [3.05, 3.63) is 48.0 Å². The normalized spacial score (nSPS) is 20.2. The third-order valence-corrected chi connectivity index (χ3v) is 3.75. The van der Waals surface area contributed by atoms with E-state index < -0.39 is 0 Å². The predicted octanol–water partition coefficient (Wildman–Crippen LogP) is 2.74. The second kappa shape index (κ2) is 5.34. The largest absolute Gasteiger partial charge is 0.459 e. The smallest absolute Gasteiger partial charge is 0.232 e. The van der Waals surface area contributed by atoms with Gasteiger partial charge in [-0.25, -0.2) is 0 Å². The molecule has 0 unspecified atom stereocenters. The maximum Gasteiger partial charge on any atom is 0.232 e. The first-order chi connectivity index (χ1) is 8.92. The van der Waals surface area contributed by atoms with E-state index in [2.05, 4.69) is 35.2 Å². The zero-order chi connectivity index (χ0) is 12.2. The van der Waals surface area contributed by atoms with E-state index in [9.17, 15) is 0 Å². The molecule has 0 N–H and O–H groups in total. The Morgan fingerprint density at radius 2 is 1.89 bits per heavy atom. The minimum Gasteiger partial charge on any atom is -0.459 e. The van der Waals surface area contributed by atoms with Gasteiger partial charge in [-0.3, -0.25) is 0 Å². The van der Waals surface area contributed by atoms with E-state index in [1.54, 1.807) is 6.26 Å². The standard InChI is InChI=1S/C15H19NO2/c1-2-4-13(5-3-1)10-14-6-8-16(9-7-14)15-11-17-12-18-15/h1-5,11,14H,6-10,12H2. The number of hydrogen-bond acceptors (Lipinski definition) is 3. The van der Waals surface area contributed by atoms with Crippen molar-refractivity contribution in [3.8, 4) is 0 Å². The molecule has 0 saturated carbocycles. The number of rotatable bonds is 3. The van der Waals surface area contributed by atoms with Gasteiger partial charge in [0.1, 0.15) is 6.26 Å². The van der Waals surface area contributed by atoms with Gasteiger partial charge < -0.3 is 14.4 Å². The Bertz CT molecular complexity index is 408. The lowest BCUT2D eigenvalue weighted by atomic mass is 9.90. The fourth-order valence-electron chi connectivity index (χ4n) is 2.70. The number of piperidine rings is 1. The zero-order valence-corrected chi connectivity index (χ0v) is 10.5. The maximum absolute atomic E-state index is 5.41. The molecule has 3 heteroatoms. The van der Waals surface area contributed by atoms with E-state index in [-0.39, 0.29) is 0 Å². The Morgan fingerprint density at radius 3 is 2.56 bits per heavy atom. The van der Waals surface area contributed by atoms with Gasteiger partial charge in [0.2, 0.25) is 12.7 Å². The molecule has 2 heterocycles. The average Bonchev–Trinajstić information content (AvgIpc) is 2.95. The quantitative estimate of drug-likeness (QED) is 0.817. The number of nitrogens with zero attached hydrogens (tertiary/aromatic N) is 1. The molecule has 0 amide bonds. The first-order valence-corrected chi connectivity index (χ1v) is 6.65. The maximum atomic E-state index is 5.41. The van der Waals surface area contributed by atoms with Crippen molar-refractivity contribution in [3.63, 3.8) is 0 Å². The number of likely N-dealkylation sites (tertiary alicyclic amines) is 1. The Morgan fingerprint density at radius 1 is 1.11 bits per heavy atom. The number of benzene rings is 1. The molecular weight excluding hydrogens is 226 g/mol. The van der Waals surface area contributed by atoms with Crippen LogP contribution in [-0.4, -0.2) is 24.8 Å². The SMILES string of the molecule is C1=C(N2CCC(Cc3ccccc3)CC2)OCO1. The van der Waals surface area contributed by atoms with Crippen LogP contribution in [0.4, 0.5) is 0 Å². The van der Waals surface area contributed by atoms with Crippen LogP contribution >= 0.6 is 0 Å². The van der Waals surface area contributed by atoms with Gasteiger partial charge in [-0.15, -0.1) is 0 Å². The molecule has 3 rings (SSSR count). The Hall–Kier alpha value is -1.64. The van der Waals surface area contributed by atoms with Crippen molar-refractivity contribution in [2.45, 2.75) is 19.3 Å². The lowest BCUT2D eigenvalue weighted by molar-refractivity contribution is 0.0400. The highest BCUT2D eigenvalue weighted by atomic mass is 16.7. The molecule has 0 aliphatic carbocycles. The molecule has 1 aromatic carbocycles. The van der Waals surface area contributed by atoms with Crippen molar-refractivity contribution < 1.29 is 9.47 Å². The summed E-state index contributed by atoms with van der Waals surface area (Å²) in [5, 5.41) is 0. The van der Waals surface area contributed by atoms with Gasteiger partial charge in [-0.1, -0.05) is 30.3 Å². The summed E-state index contributed by atoms with van der Waals surface area (Å²) in [4.78, 5) is 2.29. The Kier molecular flexibility index (Phi) is 3.40. The van der Waals surface area contributed by atoms with E-state index in [1.165, 1.54) is 24.8 Å². The second-order valence-corrected chi connectivity index (χ2v) is 5.01. The van der Waals surface area contributed by atoms with Crippen LogP contribution in [0.25, 0.3) is 0 Å². The van der Waals surface area contributed by atoms with Crippen LogP contribution in [-0.2, 0) is 15.9 Å². The van der Waals surface area contributed by atoms with Gasteiger partial charge >= 0.3 is 0 Å². The molecular formula is C15H19NO2. The molecule has 0 bridgehead atoms. The highest BCUT2D eigenvalue weighted by Crippen LogP contribution is 2.25. The molecule has 1 fully saturated rings. The van der Waals surface area contributed by atoms with Gasteiger partial charge in [0.25, 0.3) is 0 Å². The molecule has 96 valence electrons. The fraction of sp³-hybridized carbons (Fsp3) is 0.467. The van der Waals surface area contributed by atoms with Crippen LogP contribution in [0, 0.1) is 5.92 Å². The molecule has 1 saturated heterocycles. The van der Waals surface area contributed by atoms with E-state index in [0.717, 1.165) is 24.9 Å². The molecule has 2 aliphatic heterocycles. The number of hydrogen-bond donors (Lipinski definition) is 0. The van der Waals surface area contributed by atoms with Gasteiger partial charge in [-0.2, -0.15) is 0 Å². The van der Waals surface area contributed by atoms with Crippen molar-refractivity contribution in [2.75, 3.05) is 19.9 Å². The summed E-state index contributed by atoms with van der Waals surface area (Å²) in [5.74, 6) is 1.71. The lowest BCUT2D eigenvalue weighted by Crippen LogP contribution is -2.33. The van der Waals surface area contributed by atoms with Crippen LogP contribution < -0.4 is 0 Å². The first-order valence-electron chi connectivity index (χ1n) is 6.65. The molecule has 3 nitrogen and oxygen atoms in total. The van der Waals surface area contributed by atoms with E-state index in [1.807, 2.05) is 0 Å². The molecule has 2 aliphatic rings. The lowest BCUT2D eigenvalue weighted by Gasteiger charge is -2.32. The molecule has 18 heavy (non-hydrogen) atoms. The minimum absolute atomic E-state index is 0.374. The van der Waals surface area contributed by atoms with Gasteiger partial charge in [0.15, 0.2) is 0 Å². The third kappa shape index (κ3) is 2.61. The third-order valence-electron chi connectivity index (χ3n) is 3.75. The van der Waals surface area contributed by atoms with Crippen LogP contribution in [0.3, 0.4) is 0 Å². The molecule has 0 spiro atoms. The summed E-state index contributed by atoms with van der Waals surface area (Å²) < 4.78 is 10.5. The molecule has 0 radical (unpaired) electrons. The minimum atomic E-state index is 0.374. The summed E-state index contributed by atoms with van der Waals surface area (Å²) in [7, 11) is 0. The van der Waals surface area contributed by atoms with Crippen molar-refractivity contribution >= 4 is 0 Å². The van der Waals surface area contributed by atoms with Crippen LogP contribution in [0.2, 0.25) is 0 Å². The van der Waals surface area contributed by atoms with Crippen molar-refractivity contribution in [1.29, 1.82) is 0 Å². The summed E-state index contributed by atoms with van der Waals surface area (Å²) in [6, 6.07) is 10.8. The van der Waals surface area contributed by atoms with Crippen LogP contribution in [0.1, 0.15) is 18.4 Å². The zero-order valence-electron chi connectivity index (χ0n) is 10.5. The molecule has 0 atom stereocenters. The predicted molar refractivity (Wildman–Crippen MR) is 69.6 cm³/mol. The molecule has 1 aromatic rings. The topological polar surface area (TPSA) is 21.7 Å². The fourth-order valence-corrected chi connectivity index (χ4v) is 2.70. The monoisotopic (exact) mass is 245 g/mol. The first kappa shape index (κ1) is 11.5. The Labute approximate surface area is 108 Å². The van der Waals surface area contributed by atoms with Crippen molar-refractivity contribution in [1.82, 2.24) is 4.90 Å². The summed E-state index contributed by atoms with van der Waals surface area (Å²) in [6.07, 6.45) is 5.40. The van der Waals surface area contributed by atoms with Gasteiger partial charge in [0.05, 0.1) is 0 Å².